The normalized spacial score (nSPS) is 10.9. The summed E-state index contributed by atoms with van der Waals surface area (Å²) in [5.74, 6) is 0.184. The number of pyridine rings is 1. The second kappa shape index (κ2) is 7.39. The Kier molecular flexibility index (Phi) is 4.63. The Labute approximate surface area is 157 Å². The van der Waals surface area contributed by atoms with Gasteiger partial charge in [-0.3, -0.25) is 9.78 Å². The van der Waals surface area contributed by atoms with Crippen LogP contribution in [0.25, 0.3) is 16.9 Å². The van der Waals surface area contributed by atoms with Gasteiger partial charge in [0, 0.05) is 18.9 Å². The molecule has 1 aromatic carbocycles. The average molecular weight is 378 g/mol. The van der Waals surface area contributed by atoms with Gasteiger partial charge in [0.2, 0.25) is 5.95 Å². The molecule has 0 unspecified atom stereocenters. The number of aromatic nitrogens is 5. The molecule has 4 rings (SSSR count). The molecule has 140 valence electrons. The summed E-state index contributed by atoms with van der Waals surface area (Å²) in [6, 6.07) is 11.2. The molecule has 0 saturated heterocycles. The fraction of sp³-hybridized carbons (Fsp3) is 0.105. The molecule has 0 aliphatic rings. The second-order valence-electron chi connectivity index (χ2n) is 6.02. The zero-order valence-electron chi connectivity index (χ0n) is 14.6. The van der Waals surface area contributed by atoms with Crippen LogP contribution in [0.3, 0.4) is 0 Å². The van der Waals surface area contributed by atoms with E-state index in [2.05, 4.69) is 25.3 Å². The Hall–Kier alpha value is -3.88. The minimum atomic E-state index is -0.638. The van der Waals surface area contributed by atoms with E-state index in [4.69, 9.17) is 0 Å². The van der Waals surface area contributed by atoms with Crippen LogP contribution in [-0.2, 0) is 6.42 Å². The molecule has 28 heavy (non-hydrogen) atoms. The lowest BCUT2D eigenvalue weighted by Gasteiger charge is -2.07. The predicted octanol–water partition coefficient (Wildman–Crippen LogP) is 1.66. The van der Waals surface area contributed by atoms with Crippen molar-refractivity contribution in [3.05, 3.63) is 87.1 Å². The van der Waals surface area contributed by atoms with Crippen molar-refractivity contribution in [2.45, 2.75) is 6.42 Å². The van der Waals surface area contributed by atoms with Crippen molar-refractivity contribution in [3.8, 4) is 5.82 Å². The highest BCUT2D eigenvalue weighted by Crippen LogP contribution is 2.08. The highest BCUT2D eigenvalue weighted by atomic mass is 19.1. The molecule has 0 fully saturated rings. The number of halogens is 1. The Morgan fingerprint density at radius 2 is 2.00 bits per heavy atom. The molecule has 4 aromatic rings. The van der Waals surface area contributed by atoms with Crippen LogP contribution in [0.15, 0.2) is 64.4 Å². The topological polar surface area (TPSA) is 106 Å². The van der Waals surface area contributed by atoms with Crippen molar-refractivity contribution < 1.29 is 4.39 Å². The monoisotopic (exact) mass is 378 g/mol. The molecule has 3 heterocycles. The van der Waals surface area contributed by atoms with Crippen LogP contribution >= 0.6 is 0 Å². The van der Waals surface area contributed by atoms with E-state index in [1.807, 2.05) is 6.07 Å². The van der Waals surface area contributed by atoms with E-state index in [9.17, 15) is 14.0 Å². The van der Waals surface area contributed by atoms with Crippen molar-refractivity contribution in [3.63, 3.8) is 0 Å². The van der Waals surface area contributed by atoms with Crippen molar-refractivity contribution in [2.75, 3.05) is 11.9 Å². The summed E-state index contributed by atoms with van der Waals surface area (Å²) < 4.78 is 14.1. The van der Waals surface area contributed by atoms with Gasteiger partial charge in [-0.1, -0.05) is 18.2 Å². The lowest BCUT2D eigenvalue weighted by atomic mass is 10.1. The second-order valence-corrected chi connectivity index (χ2v) is 6.02. The maximum Gasteiger partial charge on any atom is 0.335 e. The van der Waals surface area contributed by atoms with Gasteiger partial charge in [0.1, 0.15) is 17.0 Å². The molecule has 9 heteroatoms. The van der Waals surface area contributed by atoms with Gasteiger partial charge in [-0.05, 0) is 36.2 Å². The number of benzene rings is 1. The van der Waals surface area contributed by atoms with Crippen LogP contribution in [0.2, 0.25) is 0 Å². The molecule has 0 spiro atoms. The van der Waals surface area contributed by atoms with Crippen LogP contribution in [0.4, 0.5) is 10.3 Å². The number of aromatic amines is 1. The van der Waals surface area contributed by atoms with E-state index in [1.165, 1.54) is 24.5 Å². The first kappa shape index (κ1) is 17.5. The summed E-state index contributed by atoms with van der Waals surface area (Å²) in [7, 11) is 0. The van der Waals surface area contributed by atoms with E-state index >= 15 is 0 Å². The fourth-order valence-electron chi connectivity index (χ4n) is 2.79. The molecule has 8 nitrogen and oxygen atoms in total. The molecule has 0 bridgehead atoms. The minimum Gasteiger partial charge on any atom is -0.354 e. The third-order valence-corrected chi connectivity index (χ3v) is 4.11. The molecule has 0 saturated carbocycles. The summed E-state index contributed by atoms with van der Waals surface area (Å²) in [5.41, 5.74) is -0.227. The predicted molar refractivity (Wildman–Crippen MR) is 102 cm³/mol. The number of hydrogen-bond donors (Lipinski definition) is 2. The number of hydrogen-bond acceptors (Lipinski definition) is 6. The van der Waals surface area contributed by atoms with Gasteiger partial charge in [-0.25, -0.2) is 23.7 Å². The number of fused-ring (bicyclic) bond motifs is 1. The third kappa shape index (κ3) is 3.50. The van der Waals surface area contributed by atoms with Gasteiger partial charge < -0.3 is 5.32 Å². The lowest BCUT2D eigenvalue weighted by Crippen LogP contribution is -2.34. The van der Waals surface area contributed by atoms with Crippen molar-refractivity contribution in [2.24, 2.45) is 0 Å². The third-order valence-electron chi connectivity index (χ3n) is 4.11. The number of H-pyrrole nitrogens is 1. The SMILES string of the molecule is O=c1[nH]c2nc(NCCc3cccc(F)c3)ncc2c(=O)n1-c1ccccn1. The zero-order valence-corrected chi connectivity index (χ0v) is 14.6. The average Bonchev–Trinajstić information content (AvgIpc) is 2.69. The number of anilines is 1. The molecular weight excluding hydrogens is 363 g/mol. The smallest absolute Gasteiger partial charge is 0.335 e. The van der Waals surface area contributed by atoms with Crippen LogP contribution < -0.4 is 16.6 Å². The van der Waals surface area contributed by atoms with Gasteiger partial charge in [-0.15, -0.1) is 0 Å². The zero-order chi connectivity index (χ0) is 19.5. The summed E-state index contributed by atoms with van der Waals surface area (Å²) in [6.45, 7) is 0.462. The van der Waals surface area contributed by atoms with Gasteiger partial charge in [-0.2, -0.15) is 4.98 Å². The Balaban J connectivity index is 1.60. The maximum absolute atomic E-state index is 13.2. The number of rotatable bonds is 5. The van der Waals surface area contributed by atoms with Crippen molar-refractivity contribution in [1.29, 1.82) is 0 Å². The Morgan fingerprint density at radius 1 is 1.11 bits per heavy atom. The van der Waals surface area contributed by atoms with E-state index in [0.717, 1.165) is 10.1 Å². The Morgan fingerprint density at radius 3 is 2.79 bits per heavy atom. The molecule has 3 aromatic heterocycles. The molecule has 0 amide bonds. The molecule has 0 radical (unpaired) electrons. The number of nitrogens with zero attached hydrogens (tertiary/aromatic N) is 4. The summed E-state index contributed by atoms with van der Waals surface area (Å²) in [5, 5.41) is 3.17. The molecule has 0 atom stereocenters. The van der Waals surface area contributed by atoms with Crippen LogP contribution in [-0.4, -0.2) is 31.0 Å². The van der Waals surface area contributed by atoms with E-state index in [0.29, 0.717) is 13.0 Å². The molecule has 0 aliphatic heterocycles. The molecule has 0 aliphatic carbocycles. The van der Waals surface area contributed by atoms with E-state index in [-0.39, 0.29) is 28.6 Å². The molecule has 2 N–H and O–H groups in total. The van der Waals surface area contributed by atoms with E-state index < -0.39 is 11.2 Å². The van der Waals surface area contributed by atoms with Crippen molar-refractivity contribution in [1.82, 2.24) is 24.5 Å². The van der Waals surface area contributed by atoms with Crippen LogP contribution in [0.1, 0.15) is 5.56 Å². The number of nitrogens with one attached hydrogen (secondary N) is 2. The van der Waals surface area contributed by atoms with Crippen LogP contribution in [0, 0.1) is 5.82 Å². The van der Waals surface area contributed by atoms with Crippen molar-refractivity contribution >= 4 is 17.0 Å². The fourth-order valence-corrected chi connectivity index (χ4v) is 2.79. The lowest BCUT2D eigenvalue weighted by molar-refractivity contribution is 0.625. The maximum atomic E-state index is 13.2. The minimum absolute atomic E-state index is 0.130. The summed E-state index contributed by atoms with van der Waals surface area (Å²) in [6.07, 6.45) is 3.41. The first-order chi connectivity index (χ1) is 13.6. The Bertz CT molecular complexity index is 1250. The quantitative estimate of drug-likeness (QED) is 0.547. The summed E-state index contributed by atoms with van der Waals surface area (Å²) in [4.78, 5) is 39.9. The first-order valence-electron chi connectivity index (χ1n) is 8.53. The van der Waals surface area contributed by atoms with E-state index in [1.54, 1.807) is 24.3 Å². The van der Waals surface area contributed by atoms with Gasteiger partial charge in [0.15, 0.2) is 5.65 Å². The van der Waals surface area contributed by atoms with Crippen LogP contribution in [0.5, 0.6) is 0 Å². The molecular formula is C19H15FN6O2. The van der Waals surface area contributed by atoms with Gasteiger partial charge in [0.25, 0.3) is 5.56 Å². The summed E-state index contributed by atoms with van der Waals surface area (Å²) >= 11 is 0. The van der Waals surface area contributed by atoms with Gasteiger partial charge >= 0.3 is 5.69 Å². The first-order valence-corrected chi connectivity index (χ1v) is 8.53. The highest BCUT2D eigenvalue weighted by Gasteiger charge is 2.12. The largest absolute Gasteiger partial charge is 0.354 e. The van der Waals surface area contributed by atoms with Gasteiger partial charge in [0.05, 0.1) is 0 Å². The standard InChI is InChI=1S/C19H15FN6O2/c20-13-5-3-4-12(10-13)7-9-22-18-23-11-14-16(24-18)25-19(28)26(17(14)27)15-6-1-2-8-21-15/h1-6,8,10-11H,7,9H2,(H2,22,23,24,25,28). The highest BCUT2D eigenvalue weighted by molar-refractivity contribution is 5.73.